The first-order chi connectivity index (χ1) is 9.70. The fourth-order valence-electron chi connectivity index (χ4n) is 2.46. The minimum atomic E-state index is -0.0858. The summed E-state index contributed by atoms with van der Waals surface area (Å²) in [5.74, 6) is -0.0858. The van der Waals surface area contributed by atoms with Crippen LogP contribution in [0.1, 0.15) is 36.2 Å². The van der Waals surface area contributed by atoms with Gasteiger partial charge in [0.15, 0.2) is 0 Å². The van der Waals surface area contributed by atoms with E-state index in [2.05, 4.69) is 31.4 Å². The van der Waals surface area contributed by atoms with Gasteiger partial charge < -0.3 is 5.32 Å². The topological polar surface area (TPSA) is 64.7 Å². The molecule has 2 aromatic rings. The summed E-state index contributed by atoms with van der Waals surface area (Å²) in [5.41, 5.74) is 0.461. The predicted molar refractivity (Wildman–Crippen MR) is 77.3 cm³/mol. The van der Waals surface area contributed by atoms with Crippen LogP contribution >= 0.6 is 15.9 Å². The van der Waals surface area contributed by atoms with Crippen molar-refractivity contribution in [2.75, 3.05) is 0 Å². The van der Waals surface area contributed by atoms with Crippen LogP contribution in [0.4, 0.5) is 0 Å². The molecule has 1 fully saturated rings. The van der Waals surface area contributed by atoms with E-state index in [0.29, 0.717) is 18.4 Å². The van der Waals surface area contributed by atoms with E-state index in [-0.39, 0.29) is 5.91 Å². The summed E-state index contributed by atoms with van der Waals surface area (Å²) in [5, 5.41) is 11.5. The Morgan fingerprint density at radius 3 is 2.90 bits per heavy atom. The Balaban J connectivity index is 1.62. The van der Waals surface area contributed by atoms with Crippen LogP contribution in [0.5, 0.6) is 0 Å². The highest BCUT2D eigenvalue weighted by Crippen LogP contribution is 2.17. The van der Waals surface area contributed by atoms with Crippen LogP contribution in [0, 0.1) is 0 Å². The van der Waals surface area contributed by atoms with Crippen molar-refractivity contribution < 1.29 is 4.79 Å². The van der Waals surface area contributed by atoms with Gasteiger partial charge in [0.05, 0.1) is 10.7 Å². The number of hydrogen-bond acceptors (Lipinski definition) is 3. The number of rotatable bonds is 4. The molecule has 7 heteroatoms. The van der Waals surface area contributed by atoms with E-state index in [1.807, 2.05) is 6.20 Å². The van der Waals surface area contributed by atoms with Crippen LogP contribution in [0.25, 0.3) is 0 Å². The highest BCUT2D eigenvalue weighted by atomic mass is 79.9. The highest BCUT2D eigenvalue weighted by molar-refractivity contribution is 9.10. The molecule has 0 bridgehead atoms. The molecule has 0 atom stereocenters. The molecule has 0 spiro atoms. The molecule has 20 heavy (non-hydrogen) atoms. The first-order valence-electron chi connectivity index (χ1n) is 6.73. The highest BCUT2D eigenvalue weighted by Gasteiger charge is 2.19. The van der Waals surface area contributed by atoms with Gasteiger partial charge in [0.25, 0.3) is 5.91 Å². The van der Waals surface area contributed by atoms with E-state index in [1.165, 1.54) is 12.8 Å². The van der Waals surface area contributed by atoms with E-state index in [1.54, 1.807) is 27.8 Å². The first kappa shape index (κ1) is 13.4. The maximum Gasteiger partial charge on any atom is 0.271 e. The van der Waals surface area contributed by atoms with Gasteiger partial charge >= 0.3 is 0 Å². The third-order valence-electron chi connectivity index (χ3n) is 3.46. The van der Waals surface area contributed by atoms with Crippen LogP contribution in [0.15, 0.2) is 29.1 Å². The zero-order chi connectivity index (χ0) is 13.9. The second-order valence-electron chi connectivity index (χ2n) is 5.03. The number of carbonyl (C=O) groups excluding carboxylic acids is 1. The Kier molecular flexibility index (Phi) is 3.86. The van der Waals surface area contributed by atoms with Crippen molar-refractivity contribution in [2.24, 2.45) is 0 Å². The molecule has 0 radical (unpaired) electrons. The predicted octanol–water partition coefficient (Wildman–Crippen LogP) is 2.02. The summed E-state index contributed by atoms with van der Waals surface area (Å²) >= 11 is 3.35. The number of hydrogen-bond donors (Lipinski definition) is 1. The maximum absolute atomic E-state index is 12.1. The smallest absolute Gasteiger partial charge is 0.271 e. The zero-order valence-electron chi connectivity index (χ0n) is 11.0. The summed E-state index contributed by atoms with van der Waals surface area (Å²) in [6, 6.07) is 2.05. The Morgan fingerprint density at radius 1 is 1.40 bits per heavy atom. The van der Waals surface area contributed by atoms with Gasteiger partial charge in [-0.05, 0) is 34.8 Å². The molecular weight excluding hydrogens is 322 g/mol. The van der Waals surface area contributed by atoms with E-state index in [9.17, 15) is 4.79 Å². The standard InChI is InChI=1S/C13H16BrN5O/c14-10-7-15-19(8-10)9-18-6-5-12(17-18)13(20)16-11-3-1-2-4-11/h5-8,11H,1-4,9H2,(H,16,20). The zero-order valence-corrected chi connectivity index (χ0v) is 12.6. The molecule has 0 saturated heterocycles. The van der Waals surface area contributed by atoms with Gasteiger partial charge in [-0.1, -0.05) is 12.8 Å². The van der Waals surface area contributed by atoms with Crippen molar-refractivity contribution in [1.82, 2.24) is 24.9 Å². The van der Waals surface area contributed by atoms with Crippen molar-refractivity contribution in [2.45, 2.75) is 38.4 Å². The summed E-state index contributed by atoms with van der Waals surface area (Å²) in [4.78, 5) is 12.1. The molecule has 0 unspecified atom stereocenters. The van der Waals surface area contributed by atoms with Gasteiger partial charge in [-0.3, -0.25) is 9.48 Å². The van der Waals surface area contributed by atoms with Gasteiger partial charge in [-0.2, -0.15) is 10.2 Å². The molecule has 1 saturated carbocycles. The second kappa shape index (κ2) is 5.78. The quantitative estimate of drug-likeness (QED) is 0.928. The Bertz CT molecular complexity index is 599. The van der Waals surface area contributed by atoms with Gasteiger partial charge in [0, 0.05) is 18.4 Å². The van der Waals surface area contributed by atoms with Crippen LogP contribution in [-0.2, 0) is 6.67 Å². The molecule has 6 nitrogen and oxygen atoms in total. The Morgan fingerprint density at radius 2 is 2.20 bits per heavy atom. The van der Waals surface area contributed by atoms with Gasteiger partial charge in [-0.15, -0.1) is 0 Å². The molecule has 1 N–H and O–H groups in total. The molecule has 0 aromatic carbocycles. The number of aromatic nitrogens is 4. The van der Waals surface area contributed by atoms with Crippen molar-refractivity contribution in [3.63, 3.8) is 0 Å². The largest absolute Gasteiger partial charge is 0.348 e. The van der Waals surface area contributed by atoms with Gasteiger partial charge in [0.1, 0.15) is 12.4 Å². The number of amides is 1. The lowest BCUT2D eigenvalue weighted by molar-refractivity contribution is 0.0932. The van der Waals surface area contributed by atoms with Crippen molar-refractivity contribution >= 4 is 21.8 Å². The molecule has 2 heterocycles. The fourth-order valence-corrected chi connectivity index (χ4v) is 2.78. The molecular formula is C13H16BrN5O. The van der Waals surface area contributed by atoms with Crippen LogP contribution in [0.2, 0.25) is 0 Å². The Hall–Kier alpha value is -1.63. The lowest BCUT2D eigenvalue weighted by atomic mass is 10.2. The van der Waals surface area contributed by atoms with E-state index >= 15 is 0 Å². The van der Waals surface area contributed by atoms with E-state index in [4.69, 9.17) is 0 Å². The minimum absolute atomic E-state index is 0.0858. The normalized spacial score (nSPS) is 15.7. The molecule has 106 valence electrons. The number of nitrogens with one attached hydrogen (secondary N) is 1. The molecule has 1 amide bonds. The summed E-state index contributed by atoms with van der Waals surface area (Å²) in [7, 11) is 0. The third kappa shape index (κ3) is 3.09. The molecule has 3 rings (SSSR count). The van der Waals surface area contributed by atoms with Crippen molar-refractivity contribution in [3.05, 3.63) is 34.8 Å². The van der Waals surface area contributed by atoms with Crippen LogP contribution in [-0.4, -0.2) is 31.5 Å². The summed E-state index contributed by atoms with van der Waals surface area (Å²) < 4.78 is 4.36. The second-order valence-corrected chi connectivity index (χ2v) is 5.95. The Labute approximate surface area is 125 Å². The van der Waals surface area contributed by atoms with E-state index in [0.717, 1.165) is 17.3 Å². The third-order valence-corrected chi connectivity index (χ3v) is 3.86. The lowest BCUT2D eigenvalue weighted by Crippen LogP contribution is -2.33. The molecule has 0 aliphatic heterocycles. The van der Waals surface area contributed by atoms with Crippen LogP contribution < -0.4 is 5.32 Å². The lowest BCUT2D eigenvalue weighted by Gasteiger charge is -2.10. The molecule has 1 aliphatic rings. The van der Waals surface area contributed by atoms with Crippen LogP contribution in [0.3, 0.4) is 0 Å². The molecule has 2 aromatic heterocycles. The van der Waals surface area contributed by atoms with E-state index < -0.39 is 0 Å². The molecule has 1 aliphatic carbocycles. The van der Waals surface area contributed by atoms with Crippen molar-refractivity contribution in [3.8, 4) is 0 Å². The van der Waals surface area contributed by atoms with Gasteiger partial charge in [0.2, 0.25) is 0 Å². The average molecular weight is 338 g/mol. The number of nitrogens with zero attached hydrogens (tertiary/aromatic N) is 4. The van der Waals surface area contributed by atoms with Crippen molar-refractivity contribution in [1.29, 1.82) is 0 Å². The van der Waals surface area contributed by atoms with Gasteiger partial charge in [-0.25, -0.2) is 4.68 Å². The average Bonchev–Trinajstić information content (AvgIpc) is 3.12. The number of halogens is 1. The monoisotopic (exact) mass is 337 g/mol. The summed E-state index contributed by atoms with van der Waals surface area (Å²) in [6.45, 7) is 0.488. The fraction of sp³-hybridized carbons (Fsp3) is 0.462. The maximum atomic E-state index is 12.1. The SMILES string of the molecule is O=C(NC1CCCC1)c1ccn(Cn2cc(Br)cn2)n1. The first-order valence-corrected chi connectivity index (χ1v) is 7.52. The number of carbonyl (C=O) groups is 1. The minimum Gasteiger partial charge on any atom is -0.348 e. The summed E-state index contributed by atoms with van der Waals surface area (Å²) in [6.07, 6.45) is 9.93.